The SMILES string of the molecule is CC[C@H](C)[C@H](OC(=O)[C@@H](OC(=O)[C@@H](OC(=O)[C@H](OC(C)=O)[C@@H](C)CC)[C@@H](C)CC)[C@@H](C)CC)C(=O)OC[C@H](O)[C@H](O)[C@H](O)[C@H](O)CO. The van der Waals surface area contributed by atoms with Gasteiger partial charge in [0.1, 0.15) is 31.0 Å². The van der Waals surface area contributed by atoms with Gasteiger partial charge in [-0.25, -0.2) is 19.2 Å². The molecular weight excluding hydrogens is 624 g/mol. The third-order valence-electron chi connectivity index (χ3n) is 8.32. The number of aliphatic hydroxyl groups is 5. The standard InChI is InChI=1S/C32H56O15/c1-10-16(5)25(29(39)43-15-22(36)24(38)23(37)21(35)14-33)45-31(41)27(18(7)12-3)47-32(42)28(19(8)13-4)46-30(40)26(17(6)11-2)44-20(9)34/h16-19,21-28,33,35-38H,10-15H2,1-9H3/t16-,17-,18-,19-,21+,22-,23+,24-,25-,26+,27-,28-/m0/s1. The summed E-state index contributed by atoms with van der Waals surface area (Å²) in [5.41, 5.74) is 0. The largest absolute Gasteiger partial charge is 0.460 e. The van der Waals surface area contributed by atoms with E-state index in [9.17, 15) is 44.4 Å². The molecule has 12 atom stereocenters. The molecule has 0 saturated carbocycles. The van der Waals surface area contributed by atoms with E-state index in [-0.39, 0.29) is 0 Å². The second-order valence-electron chi connectivity index (χ2n) is 12.1. The van der Waals surface area contributed by atoms with E-state index in [1.165, 1.54) is 0 Å². The maximum absolute atomic E-state index is 13.5. The number of carbonyl (C=O) groups is 5. The summed E-state index contributed by atoms with van der Waals surface area (Å²) in [4.78, 5) is 64.6. The highest BCUT2D eigenvalue weighted by atomic mass is 16.6. The number of aliphatic hydroxyl groups excluding tert-OH is 5. The van der Waals surface area contributed by atoms with Gasteiger partial charge in [-0.1, -0.05) is 55.4 Å². The van der Waals surface area contributed by atoms with Crippen LogP contribution in [0.4, 0.5) is 0 Å². The van der Waals surface area contributed by atoms with Gasteiger partial charge in [-0.2, -0.15) is 0 Å². The minimum absolute atomic E-state index is 0.332. The second kappa shape index (κ2) is 21.9. The van der Waals surface area contributed by atoms with Gasteiger partial charge >= 0.3 is 29.8 Å². The van der Waals surface area contributed by atoms with E-state index in [1.807, 2.05) is 0 Å². The molecule has 0 radical (unpaired) electrons. The van der Waals surface area contributed by atoms with Crippen LogP contribution >= 0.6 is 0 Å². The lowest BCUT2D eigenvalue weighted by molar-refractivity contribution is -0.195. The van der Waals surface area contributed by atoms with Crippen LogP contribution in [-0.2, 0) is 47.7 Å². The van der Waals surface area contributed by atoms with E-state index in [1.54, 1.807) is 55.4 Å². The van der Waals surface area contributed by atoms with E-state index in [4.69, 9.17) is 28.8 Å². The minimum Gasteiger partial charge on any atom is -0.460 e. The number of rotatable bonds is 22. The number of hydrogen-bond donors (Lipinski definition) is 5. The van der Waals surface area contributed by atoms with Crippen LogP contribution in [0.5, 0.6) is 0 Å². The second-order valence-corrected chi connectivity index (χ2v) is 12.1. The Kier molecular flexibility index (Phi) is 20.6. The molecule has 15 heteroatoms. The Morgan fingerprint density at radius 3 is 1.11 bits per heavy atom. The molecule has 0 saturated heterocycles. The van der Waals surface area contributed by atoms with Gasteiger partial charge in [-0.05, 0) is 25.7 Å². The number of hydrogen-bond acceptors (Lipinski definition) is 15. The van der Waals surface area contributed by atoms with Gasteiger partial charge < -0.3 is 49.2 Å². The Hall–Kier alpha value is -2.85. The fraction of sp³-hybridized carbons (Fsp3) is 0.844. The maximum Gasteiger partial charge on any atom is 0.348 e. The molecule has 0 aliphatic rings. The van der Waals surface area contributed by atoms with Crippen molar-refractivity contribution in [2.75, 3.05) is 13.2 Å². The molecular formula is C32H56O15. The third kappa shape index (κ3) is 14.0. The zero-order chi connectivity index (χ0) is 36.6. The van der Waals surface area contributed by atoms with Crippen LogP contribution in [0.3, 0.4) is 0 Å². The molecule has 0 bridgehead atoms. The highest BCUT2D eigenvalue weighted by molar-refractivity contribution is 5.86. The number of ether oxygens (including phenoxy) is 5. The van der Waals surface area contributed by atoms with E-state index < -0.39 is 116 Å². The maximum atomic E-state index is 13.5. The molecule has 0 spiro atoms. The molecule has 0 aromatic heterocycles. The third-order valence-corrected chi connectivity index (χ3v) is 8.32. The van der Waals surface area contributed by atoms with Crippen molar-refractivity contribution in [3.8, 4) is 0 Å². The van der Waals surface area contributed by atoms with E-state index in [0.717, 1.165) is 6.92 Å². The van der Waals surface area contributed by atoms with Crippen LogP contribution in [0.15, 0.2) is 0 Å². The van der Waals surface area contributed by atoms with Crippen molar-refractivity contribution in [2.24, 2.45) is 23.7 Å². The van der Waals surface area contributed by atoms with Crippen molar-refractivity contribution < 1.29 is 73.2 Å². The fourth-order valence-corrected chi connectivity index (χ4v) is 4.11. The lowest BCUT2D eigenvalue weighted by atomic mass is 9.98. The predicted octanol–water partition coefficient (Wildman–Crippen LogP) is 0.817. The topological polar surface area (TPSA) is 233 Å². The van der Waals surface area contributed by atoms with Gasteiger partial charge in [0.2, 0.25) is 24.4 Å². The summed E-state index contributed by atoms with van der Waals surface area (Å²) in [5, 5.41) is 48.4. The Labute approximate surface area is 276 Å². The molecule has 0 fully saturated rings. The summed E-state index contributed by atoms with van der Waals surface area (Å²) in [5.74, 6) is -7.06. The molecule has 5 N–H and O–H groups in total. The van der Waals surface area contributed by atoms with E-state index >= 15 is 0 Å². The average molecular weight is 681 g/mol. The van der Waals surface area contributed by atoms with Gasteiger partial charge in [0.15, 0.2) is 0 Å². The van der Waals surface area contributed by atoms with Crippen LogP contribution in [0.2, 0.25) is 0 Å². The summed E-state index contributed by atoms with van der Waals surface area (Å²) >= 11 is 0. The molecule has 15 nitrogen and oxygen atoms in total. The van der Waals surface area contributed by atoms with Crippen LogP contribution in [-0.4, -0.2) is 117 Å². The van der Waals surface area contributed by atoms with Gasteiger partial charge in [0, 0.05) is 30.6 Å². The molecule has 0 aromatic rings. The summed E-state index contributed by atoms with van der Waals surface area (Å²) < 4.78 is 26.8. The van der Waals surface area contributed by atoms with Gasteiger partial charge in [-0.3, -0.25) is 4.79 Å². The predicted molar refractivity (Wildman–Crippen MR) is 165 cm³/mol. The summed E-state index contributed by atoms with van der Waals surface area (Å²) in [6.45, 7) is 12.9. The molecule has 0 amide bonds. The Morgan fingerprint density at radius 1 is 0.511 bits per heavy atom. The number of carbonyl (C=O) groups excluding carboxylic acids is 5. The quantitative estimate of drug-likeness (QED) is 0.0787. The molecule has 0 rings (SSSR count). The first-order valence-electron chi connectivity index (χ1n) is 16.2. The van der Waals surface area contributed by atoms with Crippen molar-refractivity contribution >= 4 is 29.8 Å². The normalized spacial score (nSPS) is 19.2. The summed E-state index contributed by atoms with van der Waals surface area (Å²) in [7, 11) is 0. The van der Waals surface area contributed by atoms with Gasteiger partial charge in [0.05, 0.1) is 6.61 Å². The van der Waals surface area contributed by atoms with Crippen LogP contribution in [0.25, 0.3) is 0 Å². The molecule has 0 heterocycles. The summed E-state index contributed by atoms with van der Waals surface area (Å²) in [6.07, 6.45) is -11.8. The monoisotopic (exact) mass is 680 g/mol. The van der Waals surface area contributed by atoms with Crippen molar-refractivity contribution in [1.29, 1.82) is 0 Å². The van der Waals surface area contributed by atoms with Crippen molar-refractivity contribution in [1.82, 2.24) is 0 Å². The first-order valence-corrected chi connectivity index (χ1v) is 16.2. The van der Waals surface area contributed by atoms with E-state index in [0.29, 0.717) is 25.7 Å². The van der Waals surface area contributed by atoms with Crippen molar-refractivity contribution in [3.05, 3.63) is 0 Å². The van der Waals surface area contributed by atoms with Crippen LogP contribution in [0.1, 0.15) is 88.0 Å². The lowest BCUT2D eigenvalue weighted by Crippen LogP contribution is -2.48. The molecule has 274 valence electrons. The minimum atomic E-state index is -1.98. The first-order chi connectivity index (χ1) is 21.9. The summed E-state index contributed by atoms with van der Waals surface area (Å²) in [6, 6.07) is 0. The Bertz CT molecular complexity index is 988. The lowest BCUT2D eigenvalue weighted by Gasteiger charge is -2.30. The number of esters is 5. The van der Waals surface area contributed by atoms with Gasteiger partial charge in [0.25, 0.3) is 0 Å². The average Bonchev–Trinajstić information content (AvgIpc) is 3.06. The molecule has 0 unspecified atom stereocenters. The molecule has 47 heavy (non-hydrogen) atoms. The zero-order valence-electron chi connectivity index (χ0n) is 29.0. The van der Waals surface area contributed by atoms with Crippen molar-refractivity contribution in [3.63, 3.8) is 0 Å². The highest BCUT2D eigenvalue weighted by Crippen LogP contribution is 2.23. The Balaban J connectivity index is 6.01. The van der Waals surface area contributed by atoms with Crippen LogP contribution in [0, 0.1) is 23.7 Å². The van der Waals surface area contributed by atoms with E-state index in [2.05, 4.69) is 0 Å². The Morgan fingerprint density at radius 2 is 0.809 bits per heavy atom. The van der Waals surface area contributed by atoms with Crippen LogP contribution < -0.4 is 0 Å². The van der Waals surface area contributed by atoms with Gasteiger partial charge in [-0.15, -0.1) is 0 Å². The zero-order valence-corrected chi connectivity index (χ0v) is 29.0. The molecule has 0 aromatic carbocycles. The first kappa shape index (κ1) is 44.1. The highest BCUT2D eigenvalue weighted by Gasteiger charge is 2.41. The fourth-order valence-electron chi connectivity index (χ4n) is 4.11. The molecule has 0 aliphatic heterocycles. The van der Waals surface area contributed by atoms with Crippen molar-refractivity contribution in [2.45, 2.75) is 137 Å². The molecule has 0 aliphatic carbocycles. The smallest absolute Gasteiger partial charge is 0.348 e.